The summed E-state index contributed by atoms with van der Waals surface area (Å²) in [5, 5.41) is 2.98. The van der Waals surface area contributed by atoms with Gasteiger partial charge in [0.25, 0.3) is 5.91 Å². The van der Waals surface area contributed by atoms with Gasteiger partial charge in [0.2, 0.25) is 5.76 Å². The van der Waals surface area contributed by atoms with E-state index in [9.17, 15) is 18.0 Å². The summed E-state index contributed by atoms with van der Waals surface area (Å²) in [7, 11) is 0. The van der Waals surface area contributed by atoms with Crippen molar-refractivity contribution in [3.8, 4) is 0 Å². The fourth-order valence-electron chi connectivity index (χ4n) is 1.05. The van der Waals surface area contributed by atoms with Crippen LogP contribution in [0, 0.1) is 0 Å². The lowest BCUT2D eigenvalue weighted by Crippen LogP contribution is -2.15. The smallest absolute Gasteiger partial charge is 0.364 e. The number of halogens is 3. The lowest BCUT2D eigenvalue weighted by Gasteiger charge is -2.02. The summed E-state index contributed by atoms with van der Waals surface area (Å²) in [5.41, 5.74) is 4.06. The molecule has 0 fully saturated rings. The zero-order valence-corrected chi connectivity index (χ0v) is 7.18. The third-order valence-corrected chi connectivity index (χ3v) is 1.63. The van der Waals surface area contributed by atoms with Gasteiger partial charge >= 0.3 is 6.18 Å². The molecule has 2 N–H and O–H groups in total. The van der Waals surface area contributed by atoms with Crippen LogP contribution in [0.1, 0.15) is 28.7 Å². The molecule has 0 saturated carbocycles. The minimum absolute atomic E-state index is 0.0172. The Labute approximate surface area is 76.9 Å². The number of aromatic nitrogens is 1. The number of amides is 1. The molecule has 7 heteroatoms. The summed E-state index contributed by atoms with van der Waals surface area (Å²) in [4.78, 5) is 10.7. The third kappa shape index (κ3) is 1.70. The van der Waals surface area contributed by atoms with Crippen molar-refractivity contribution in [2.45, 2.75) is 19.5 Å². The maximum Gasteiger partial charge on any atom is 0.452 e. The highest BCUT2D eigenvalue weighted by Gasteiger charge is 2.40. The predicted molar refractivity (Wildman–Crippen MR) is 39.4 cm³/mol. The number of rotatable bonds is 2. The first-order valence-corrected chi connectivity index (χ1v) is 3.73. The molecule has 0 spiro atoms. The van der Waals surface area contributed by atoms with E-state index in [1.807, 2.05) is 0 Å². The van der Waals surface area contributed by atoms with Crippen molar-refractivity contribution in [2.75, 3.05) is 0 Å². The quantitative estimate of drug-likeness (QED) is 0.797. The Hall–Kier alpha value is -1.53. The van der Waals surface area contributed by atoms with E-state index in [1.54, 1.807) is 0 Å². The minimum atomic E-state index is -4.65. The molecule has 14 heavy (non-hydrogen) atoms. The number of primary amides is 1. The monoisotopic (exact) mass is 208 g/mol. The van der Waals surface area contributed by atoms with Crippen LogP contribution in [-0.4, -0.2) is 11.1 Å². The Bertz CT molecular complexity index is 356. The predicted octanol–water partition coefficient (Wildman–Crippen LogP) is 1.35. The number of carbonyl (C=O) groups excluding carboxylic acids is 1. The molecule has 1 amide bonds. The number of hydrogen-bond donors (Lipinski definition) is 1. The highest BCUT2D eigenvalue weighted by atomic mass is 19.4. The summed E-state index contributed by atoms with van der Waals surface area (Å²) in [6, 6.07) is 0. The van der Waals surface area contributed by atoms with Gasteiger partial charge in [-0.05, 0) is 6.42 Å². The van der Waals surface area contributed by atoms with Gasteiger partial charge in [-0.3, -0.25) is 4.79 Å². The average molecular weight is 208 g/mol. The molecule has 0 saturated heterocycles. The first kappa shape index (κ1) is 10.6. The molecule has 0 bridgehead atoms. The first-order chi connectivity index (χ1) is 6.38. The van der Waals surface area contributed by atoms with Crippen LogP contribution in [-0.2, 0) is 12.6 Å². The summed E-state index contributed by atoms with van der Waals surface area (Å²) in [5.74, 6) is -2.28. The van der Waals surface area contributed by atoms with Gasteiger partial charge in [-0.25, -0.2) is 0 Å². The highest BCUT2D eigenvalue weighted by Crippen LogP contribution is 2.33. The highest BCUT2D eigenvalue weighted by molar-refractivity contribution is 5.92. The van der Waals surface area contributed by atoms with Crippen molar-refractivity contribution in [3.63, 3.8) is 0 Å². The molecule has 0 aromatic carbocycles. The second-order valence-corrected chi connectivity index (χ2v) is 2.55. The van der Waals surface area contributed by atoms with Gasteiger partial charge in [0.05, 0.1) is 0 Å². The summed E-state index contributed by atoms with van der Waals surface area (Å²) < 4.78 is 40.7. The van der Waals surface area contributed by atoms with Crippen LogP contribution >= 0.6 is 0 Å². The molecular weight excluding hydrogens is 201 g/mol. The first-order valence-electron chi connectivity index (χ1n) is 3.73. The van der Waals surface area contributed by atoms with Crippen LogP contribution in [0.25, 0.3) is 0 Å². The molecule has 1 aromatic rings. The van der Waals surface area contributed by atoms with Gasteiger partial charge in [-0.2, -0.15) is 13.2 Å². The molecule has 0 unspecified atom stereocenters. The Morgan fingerprint density at radius 3 is 2.50 bits per heavy atom. The average Bonchev–Trinajstić information content (AvgIpc) is 2.45. The summed E-state index contributed by atoms with van der Waals surface area (Å²) in [6.07, 6.45) is -4.66. The SMILES string of the molecule is CCc1c(C(N)=O)noc1C(F)(F)F. The van der Waals surface area contributed by atoms with Crippen molar-refractivity contribution in [1.82, 2.24) is 5.16 Å². The molecule has 1 rings (SSSR count). The van der Waals surface area contributed by atoms with E-state index < -0.39 is 23.5 Å². The standard InChI is InChI=1S/C7H7F3N2O2/c1-2-3-4(6(11)13)12-14-5(3)7(8,9)10/h2H2,1H3,(H2,11,13). The lowest BCUT2D eigenvalue weighted by atomic mass is 10.1. The van der Waals surface area contributed by atoms with Crippen LogP contribution in [0.2, 0.25) is 0 Å². The van der Waals surface area contributed by atoms with Gasteiger partial charge in [-0.1, -0.05) is 12.1 Å². The van der Waals surface area contributed by atoms with Crippen LogP contribution in [0.5, 0.6) is 0 Å². The maximum atomic E-state index is 12.2. The molecule has 0 aliphatic heterocycles. The topological polar surface area (TPSA) is 69.1 Å². The minimum Gasteiger partial charge on any atom is -0.364 e. The number of alkyl halides is 3. The molecular formula is C7H7F3N2O2. The largest absolute Gasteiger partial charge is 0.452 e. The van der Waals surface area contributed by atoms with Gasteiger partial charge in [0.1, 0.15) is 0 Å². The zero-order chi connectivity index (χ0) is 10.9. The van der Waals surface area contributed by atoms with Crippen molar-refractivity contribution >= 4 is 5.91 Å². The molecule has 4 nitrogen and oxygen atoms in total. The van der Waals surface area contributed by atoms with E-state index >= 15 is 0 Å². The molecule has 0 aliphatic rings. The molecule has 1 aromatic heterocycles. The fraction of sp³-hybridized carbons (Fsp3) is 0.429. The van der Waals surface area contributed by atoms with E-state index in [2.05, 4.69) is 9.68 Å². The van der Waals surface area contributed by atoms with E-state index in [1.165, 1.54) is 6.92 Å². The summed E-state index contributed by atoms with van der Waals surface area (Å²) in [6.45, 7) is 1.45. The lowest BCUT2D eigenvalue weighted by molar-refractivity contribution is -0.156. The second kappa shape index (κ2) is 3.32. The van der Waals surface area contributed by atoms with Gasteiger partial charge in [-0.15, -0.1) is 0 Å². The van der Waals surface area contributed by atoms with Gasteiger partial charge < -0.3 is 10.3 Å². The molecule has 1 heterocycles. The van der Waals surface area contributed by atoms with Crippen LogP contribution < -0.4 is 5.73 Å². The Morgan fingerprint density at radius 1 is 1.57 bits per heavy atom. The van der Waals surface area contributed by atoms with E-state index in [-0.39, 0.29) is 12.0 Å². The van der Waals surface area contributed by atoms with Crippen LogP contribution in [0.3, 0.4) is 0 Å². The van der Waals surface area contributed by atoms with Crippen molar-refractivity contribution in [1.29, 1.82) is 0 Å². The molecule has 0 atom stereocenters. The van der Waals surface area contributed by atoms with Crippen LogP contribution in [0.4, 0.5) is 13.2 Å². The second-order valence-electron chi connectivity index (χ2n) is 2.55. The Kier molecular flexibility index (Phi) is 2.50. The Morgan fingerprint density at radius 2 is 2.14 bits per heavy atom. The van der Waals surface area contributed by atoms with Crippen molar-refractivity contribution < 1.29 is 22.5 Å². The Balaban J connectivity index is 3.28. The number of nitrogens with two attached hydrogens (primary N) is 1. The van der Waals surface area contributed by atoms with Crippen molar-refractivity contribution in [3.05, 3.63) is 17.0 Å². The number of hydrogen-bond acceptors (Lipinski definition) is 3. The third-order valence-electron chi connectivity index (χ3n) is 1.63. The van der Waals surface area contributed by atoms with E-state index in [0.717, 1.165) is 0 Å². The number of carbonyl (C=O) groups is 1. The maximum absolute atomic E-state index is 12.2. The molecule has 78 valence electrons. The normalized spacial score (nSPS) is 11.7. The van der Waals surface area contributed by atoms with Gasteiger partial charge in [0.15, 0.2) is 5.69 Å². The van der Waals surface area contributed by atoms with Crippen molar-refractivity contribution in [2.24, 2.45) is 5.73 Å². The van der Waals surface area contributed by atoms with E-state index in [0.29, 0.717) is 0 Å². The number of nitrogens with zero attached hydrogens (tertiary/aromatic N) is 1. The summed E-state index contributed by atoms with van der Waals surface area (Å²) >= 11 is 0. The molecule has 0 aliphatic carbocycles. The zero-order valence-electron chi connectivity index (χ0n) is 7.18. The van der Waals surface area contributed by atoms with Crippen LogP contribution in [0.15, 0.2) is 4.52 Å². The fourth-order valence-corrected chi connectivity index (χ4v) is 1.05. The van der Waals surface area contributed by atoms with Gasteiger partial charge in [0, 0.05) is 5.56 Å². The van der Waals surface area contributed by atoms with E-state index in [4.69, 9.17) is 5.73 Å². The molecule has 0 radical (unpaired) electrons.